The van der Waals surface area contributed by atoms with E-state index in [4.69, 9.17) is 0 Å². The van der Waals surface area contributed by atoms with Crippen LogP contribution in [-0.2, 0) is 4.79 Å². The van der Waals surface area contributed by atoms with E-state index >= 15 is 0 Å². The van der Waals surface area contributed by atoms with E-state index in [0.29, 0.717) is 5.56 Å². The molecule has 3 rings (SSSR count). The van der Waals surface area contributed by atoms with Gasteiger partial charge >= 0.3 is 0 Å². The van der Waals surface area contributed by atoms with E-state index in [1.54, 1.807) is 12.1 Å². The van der Waals surface area contributed by atoms with Crippen molar-refractivity contribution in [2.75, 3.05) is 0 Å². The molecule has 1 aliphatic carbocycles. The van der Waals surface area contributed by atoms with E-state index in [-0.39, 0.29) is 0 Å². The van der Waals surface area contributed by atoms with Gasteiger partial charge in [-0.3, -0.25) is 9.59 Å². The van der Waals surface area contributed by atoms with E-state index in [1.165, 1.54) is 17.8 Å². The molecule has 0 atom stereocenters. The maximum absolute atomic E-state index is 11.8. The molecular formula is C16H9BrO2S. The fraction of sp³-hybridized carbons (Fsp3) is 0. The van der Waals surface area contributed by atoms with Crippen molar-refractivity contribution >= 4 is 44.2 Å². The van der Waals surface area contributed by atoms with Gasteiger partial charge in [0.25, 0.3) is 0 Å². The van der Waals surface area contributed by atoms with Gasteiger partial charge in [-0.05, 0) is 29.8 Å². The maximum Gasteiger partial charge on any atom is 0.233 e. The number of fused-ring (bicyclic) bond motifs is 1. The summed E-state index contributed by atoms with van der Waals surface area (Å²) in [5.74, 6) is -0.885. The molecule has 0 unspecified atom stereocenters. The Morgan fingerprint density at radius 1 is 0.850 bits per heavy atom. The fourth-order valence-corrected chi connectivity index (χ4v) is 3.25. The van der Waals surface area contributed by atoms with Gasteiger partial charge < -0.3 is 0 Å². The lowest BCUT2D eigenvalue weighted by Crippen LogP contribution is -2.17. The van der Waals surface area contributed by atoms with Crippen LogP contribution in [0.5, 0.6) is 0 Å². The average Bonchev–Trinajstić information content (AvgIpc) is 2.47. The third kappa shape index (κ3) is 2.49. The van der Waals surface area contributed by atoms with Crippen LogP contribution in [0.25, 0.3) is 4.91 Å². The molecule has 0 aromatic heterocycles. The molecular weight excluding hydrogens is 336 g/mol. The standard InChI is InChI=1S/C16H9BrO2S/c17-10-5-7-11(8-6-10)20-15-9-14(18)16(19)13-4-2-1-3-12(13)15/h1-9H. The van der Waals surface area contributed by atoms with Crippen LogP contribution in [0, 0.1) is 0 Å². The zero-order valence-corrected chi connectivity index (χ0v) is 12.7. The molecule has 4 heteroatoms. The minimum absolute atomic E-state index is 0.430. The highest BCUT2D eigenvalue weighted by atomic mass is 79.9. The fourth-order valence-electron chi connectivity index (χ4n) is 2.01. The minimum Gasteiger partial charge on any atom is -0.286 e. The molecule has 2 aromatic rings. The molecule has 0 fully saturated rings. The summed E-state index contributed by atoms with van der Waals surface area (Å²) in [5, 5.41) is 0. The lowest BCUT2D eigenvalue weighted by molar-refractivity contribution is -0.110. The minimum atomic E-state index is -0.455. The summed E-state index contributed by atoms with van der Waals surface area (Å²) in [6, 6.07) is 15.1. The predicted molar refractivity (Wildman–Crippen MR) is 83.8 cm³/mol. The molecule has 0 N–H and O–H groups in total. The van der Waals surface area contributed by atoms with Crippen LogP contribution in [-0.4, -0.2) is 11.6 Å². The van der Waals surface area contributed by atoms with Crippen molar-refractivity contribution in [3.63, 3.8) is 0 Å². The first-order chi connectivity index (χ1) is 9.65. The topological polar surface area (TPSA) is 34.1 Å². The van der Waals surface area contributed by atoms with Crippen molar-refractivity contribution in [3.8, 4) is 0 Å². The van der Waals surface area contributed by atoms with E-state index < -0.39 is 11.6 Å². The van der Waals surface area contributed by atoms with E-state index in [9.17, 15) is 9.59 Å². The lowest BCUT2D eigenvalue weighted by Gasteiger charge is -2.15. The molecule has 1 aliphatic rings. The molecule has 0 saturated carbocycles. The number of rotatable bonds is 2. The summed E-state index contributed by atoms with van der Waals surface area (Å²) in [6.07, 6.45) is 1.43. The second-order valence-electron chi connectivity index (χ2n) is 4.30. The van der Waals surface area contributed by atoms with Crippen molar-refractivity contribution < 1.29 is 9.59 Å². The molecule has 2 nitrogen and oxygen atoms in total. The van der Waals surface area contributed by atoms with Crippen molar-refractivity contribution in [3.05, 3.63) is 70.2 Å². The van der Waals surface area contributed by atoms with Crippen molar-refractivity contribution in [1.29, 1.82) is 0 Å². The number of carbonyl (C=O) groups excluding carboxylic acids is 2. The summed E-state index contributed by atoms with van der Waals surface area (Å²) in [4.78, 5) is 25.5. The van der Waals surface area contributed by atoms with Crippen LogP contribution < -0.4 is 0 Å². The number of benzene rings is 2. The number of hydrogen-bond donors (Lipinski definition) is 0. The van der Waals surface area contributed by atoms with Crippen molar-refractivity contribution in [2.24, 2.45) is 0 Å². The number of allylic oxidation sites excluding steroid dienone is 1. The van der Waals surface area contributed by atoms with Gasteiger partial charge in [-0.2, -0.15) is 0 Å². The van der Waals surface area contributed by atoms with Gasteiger partial charge in [0.05, 0.1) is 0 Å². The van der Waals surface area contributed by atoms with Gasteiger partial charge in [0.2, 0.25) is 11.6 Å². The quantitative estimate of drug-likeness (QED) is 0.759. The van der Waals surface area contributed by atoms with Crippen molar-refractivity contribution in [1.82, 2.24) is 0 Å². The molecule has 0 heterocycles. The van der Waals surface area contributed by atoms with E-state index in [2.05, 4.69) is 15.9 Å². The van der Waals surface area contributed by atoms with Gasteiger partial charge in [-0.1, -0.05) is 52.0 Å². The molecule has 98 valence electrons. The predicted octanol–water partition coefficient (Wildman–Crippen LogP) is 4.35. The van der Waals surface area contributed by atoms with Crippen LogP contribution in [0.3, 0.4) is 0 Å². The highest BCUT2D eigenvalue weighted by Crippen LogP contribution is 2.38. The molecule has 0 spiro atoms. The van der Waals surface area contributed by atoms with Gasteiger partial charge in [-0.25, -0.2) is 0 Å². The molecule has 0 bridgehead atoms. The first-order valence-electron chi connectivity index (χ1n) is 5.98. The van der Waals surface area contributed by atoms with Crippen molar-refractivity contribution in [2.45, 2.75) is 4.90 Å². The molecule has 0 radical (unpaired) electrons. The van der Waals surface area contributed by atoms with Crippen LogP contribution in [0.15, 0.2) is 64.0 Å². The number of ketones is 2. The van der Waals surface area contributed by atoms with E-state index in [0.717, 1.165) is 19.8 Å². The zero-order valence-electron chi connectivity index (χ0n) is 10.3. The normalized spacial score (nSPS) is 13.9. The Hall–Kier alpha value is -1.65. The number of thioether (sulfide) groups is 1. The molecule has 0 saturated heterocycles. The van der Waals surface area contributed by atoms with Gasteiger partial charge in [0, 0.05) is 25.9 Å². The molecule has 20 heavy (non-hydrogen) atoms. The number of halogens is 1. The first kappa shape index (κ1) is 13.3. The Bertz CT molecular complexity index is 732. The smallest absolute Gasteiger partial charge is 0.233 e. The zero-order chi connectivity index (χ0) is 14.1. The van der Waals surface area contributed by atoms with Crippen LogP contribution in [0.4, 0.5) is 0 Å². The lowest BCUT2D eigenvalue weighted by atomic mass is 9.95. The summed E-state index contributed by atoms with van der Waals surface area (Å²) in [6.45, 7) is 0. The summed E-state index contributed by atoms with van der Waals surface area (Å²) in [5.41, 5.74) is 1.31. The monoisotopic (exact) mass is 344 g/mol. The second-order valence-corrected chi connectivity index (χ2v) is 6.33. The van der Waals surface area contributed by atoms with Crippen LogP contribution in [0.1, 0.15) is 15.9 Å². The van der Waals surface area contributed by atoms with Crippen LogP contribution in [0.2, 0.25) is 0 Å². The Morgan fingerprint density at radius 2 is 1.50 bits per heavy atom. The van der Waals surface area contributed by atoms with Gasteiger partial charge in [-0.15, -0.1) is 0 Å². The number of Topliss-reactive ketones (excluding diaryl/α,β-unsaturated/α-hetero) is 1. The second kappa shape index (κ2) is 5.38. The first-order valence-corrected chi connectivity index (χ1v) is 7.59. The maximum atomic E-state index is 11.8. The largest absolute Gasteiger partial charge is 0.286 e. The Morgan fingerprint density at radius 3 is 2.20 bits per heavy atom. The highest BCUT2D eigenvalue weighted by Gasteiger charge is 2.25. The third-order valence-electron chi connectivity index (χ3n) is 2.96. The summed E-state index contributed by atoms with van der Waals surface area (Å²) < 4.78 is 1.01. The Balaban J connectivity index is 2.01. The van der Waals surface area contributed by atoms with Crippen LogP contribution >= 0.6 is 27.7 Å². The molecule has 0 aliphatic heterocycles. The number of carbonyl (C=O) groups is 2. The highest BCUT2D eigenvalue weighted by molar-refractivity contribution is 9.10. The molecule has 0 amide bonds. The Kier molecular flexibility index (Phi) is 3.59. The summed E-state index contributed by atoms with van der Waals surface area (Å²) in [7, 11) is 0. The van der Waals surface area contributed by atoms with Gasteiger partial charge in [0.1, 0.15) is 0 Å². The van der Waals surface area contributed by atoms with Gasteiger partial charge in [0.15, 0.2) is 0 Å². The Labute approximate surface area is 129 Å². The average molecular weight is 345 g/mol. The SMILES string of the molecule is O=C1C=C(Sc2ccc(Br)cc2)c2ccccc2C1=O. The third-order valence-corrected chi connectivity index (χ3v) is 4.56. The number of hydrogen-bond acceptors (Lipinski definition) is 3. The van der Waals surface area contributed by atoms with E-state index in [1.807, 2.05) is 36.4 Å². The summed E-state index contributed by atoms with van der Waals surface area (Å²) >= 11 is 4.88. The molecule has 2 aromatic carbocycles.